The Balaban J connectivity index is 1.72. The lowest BCUT2D eigenvalue weighted by Crippen LogP contribution is -2.38. The van der Waals surface area contributed by atoms with Crippen molar-refractivity contribution in [1.82, 2.24) is 9.55 Å². The quantitative estimate of drug-likeness (QED) is 0.685. The number of nitrogens with one attached hydrogen (secondary N) is 1. The smallest absolute Gasteiger partial charge is 0.241 e. The molecule has 0 saturated carbocycles. The number of phenolic OH excluding ortho intramolecular Hbond substituents is 1. The lowest BCUT2D eigenvalue weighted by atomic mass is 10.1. The van der Waals surface area contributed by atoms with E-state index in [1.807, 2.05) is 29.9 Å². The summed E-state index contributed by atoms with van der Waals surface area (Å²) >= 11 is 0. The third kappa shape index (κ3) is 3.32. The van der Waals surface area contributed by atoms with E-state index in [9.17, 15) is 9.90 Å². The second-order valence-electron chi connectivity index (χ2n) is 5.50. The van der Waals surface area contributed by atoms with Crippen molar-refractivity contribution in [2.75, 3.05) is 5.32 Å². The van der Waals surface area contributed by atoms with Gasteiger partial charge in [0.2, 0.25) is 5.91 Å². The summed E-state index contributed by atoms with van der Waals surface area (Å²) < 4.78 is 1.84. The topological polar surface area (TPSA) is 93.2 Å². The fourth-order valence-corrected chi connectivity index (χ4v) is 2.43. The highest BCUT2D eigenvalue weighted by atomic mass is 16.3. The number of imidazole rings is 1. The van der Waals surface area contributed by atoms with E-state index in [1.54, 1.807) is 30.5 Å². The molecular formula is C17H18N4O2. The highest BCUT2D eigenvalue weighted by Gasteiger charge is 2.16. The van der Waals surface area contributed by atoms with Gasteiger partial charge in [-0.15, -0.1) is 0 Å². The average Bonchev–Trinajstić information content (AvgIpc) is 2.92. The molecule has 6 heteroatoms. The van der Waals surface area contributed by atoms with E-state index in [0.29, 0.717) is 12.1 Å². The van der Waals surface area contributed by atoms with Crippen LogP contribution in [0.5, 0.6) is 5.75 Å². The fourth-order valence-electron chi connectivity index (χ4n) is 2.43. The first-order valence-electron chi connectivity index (χ1n) is 7.28. The predicted molar refractivity (Wildman–Crippen MR) is 89.1 cm³/mol. The lowest BCUT2D eigenvalue weighted by Gasteiger charge is -2.12. The summed E-state index contributed by atoms with van der Waals surface area (Å²) in [5.74, 6) is 0.721. The predicted octanol–water partition coefficient (Wildman–Crippen LogP) is 1.79. The van der Waals surface area contributed by atoms with E-state index in [2.05, 4.69) is 10.3 Å². The van der Waals surface area contributed by atoms with Crippen molar-refractivity contribution in [1.29, 1.82) is 0 Å². The standard InChI is InChI=1S/C17H18N4O2/c1-21-7-6-19-16(21)10-15(18)17(23)20-13-4-2-12-9-14(22)5-3-11(12)8-13/h2-9,15,22H,10,18H2,1H3,(H,20,23). The Morgan fingerprint density at radius 3 is 2.78 bits per heavy atom. The molecule has 0 aliphatic rings. The number of carbonyl (C=O) groups excluding carboxylic acids is 1. The van der Waals surface area contributed by atoms with Gasteiger partial charge < -0.3 is 20.7 Å². The molecule has 0 spiro atoms. The monoisotopic (exact) mass is 310 g/mol. The molecule has 0 bridgehead atoms. The molecule has 1 amide bonds. The Morgan fingerprint density at radius 2 is 2.04 bits per heavy atom. The molecule has 118 valence electrons. The summed E-state index contributed by atoms with van der Waals surface area (Å²) in [5, 5.41) is 14.1. The highest BCUT2D eigenvalue weighted by Crippen LogP contribution is 2.23. The Kier molecular flexibility index (Phi) is 3.99. The van der Waals surface area contributed by atoms with Gasteiger partial charge in [0.1, 0.15) is 11.6 Å². The Bertz CT molecular complexity index is 857. The van der Waals surface area contributed by atoms with E-state index in [-0.39, 0.29) is 11.7 Å². The molecule has 0 fully saturated rings. The van der Waals surface area contributed by atoms with Crippen LogP contribution in [0.15, 0.2) is 48.8 Å². The van der Waals surface area contributed by atoms with Gasteiger partial charge >= 0.3 is 0 Å². The number of hydrogen-bond donors (Lipinski definition) is 3. The molecule has 1 atom stereocenters. The van der Waals surface area contributed by atoms with Crippen molar-refractivity contribution >= 4 is 22.4 Å². The molecule has 3 rings (SSSR count). The normalized spacial score (nSPS) is 12.3. The highest BCUT2D eigenvalue weighted by molar-refractivity contribution is 5.97. The number of aromatic nitrogens is 2. The molecule has 1 heterocycles. The maximum absolute atomic E-state index is 12.2. The van der Waals surface area contributed by atoms with Gasteiger partial charge in [0, 0.05) is 31.5 Å². The zero-order valence-electron chi connectivity index (χ0n) is 12.7. The van der Waals surface area contributed by atoms with Crippen LogP contribution in [0.2, 0.25) is 0 Å². The van der Waals surface area contributed by atoms with Gasteiger partial charge in [-0.3, -0.25) is 4.79 Å². The number of nitrogens with zero attached hydrogens (tertiary/aromatic N) is 2. The SMILES string of the molecule is Cn1ccnc1CC(N)C(=O)Nc1ccc2cc(O)ccc2c1. The average molecular weight is 310 g/mol. The summed E-state index contributed by atoms with van der Waals surface area (Å²) in [5.41, 5.74) is 6.63. The van der Waals surface area contributed by atoms with Crippen LogP contribution in [-0.2, 0) is 18.3 Å². The molecule has 0 aliphatic carbocycles. The summed E-state index contributed by atoms with van der Waals surface area (Å²) in [6.07, 6.45) is 3.87. The maximum Gasteiger partial charge on any atom is 0.241 e. The number of rotatable bonds is 4. The molecule has 2 aromatic carbocycles. The molecular weight excluding hydrogens is 292 g/mol. The molecule has 0 radical (unpaired) electrons. The maximum atomic E-state index is 12.2. The summed E-state index contributed by atoms with van der Waals surface area (Å²) in [7, 11) is 1.87. The van der Waals surface area contributed by atoms with Gasteiger partial charge in [-0.25, -0.2) is 4.98 Å². The van der Waals surface area contributed by atoms with Crippen LogP contribution >= 0.6 is 0 Å². The van der Waals surface area contributed by atoms with Crippen LogP contribution < -0.4 is 11.1 Å². The van der Waals surface area contributed by atoms with Gasteiger partial charge in [-0.2, -0.15) is 0 Å². The van der Waals surface area contributed by atoms with Gasteiger partial charge in [-0.05, 0) is 35.0 Å². The minimum Gasteiger partial charge on any atom is -0.508 e. The van der Waals surface area contributed by atoms with E-state index in [1.165, 1.54) is 0 Å². The minimum absolute atomic E-state index is 0.214. The summed E-state index contributed by atoms with van der Waals surface area (Å²) in [6.45, 7) is 0. The first-order chi connectivity index (χ1) is 11.0. The second kappa shape index (κ2) is 6.10. The number of phenols is 1. The van der Waals surface area contributed by atoms with Crippen LogP contribution in [0.4, 0.5) is 5.69 Å². The number of hydrogen-bond acceptors (Lipinski definition) is 4. The summed E-state index contributed by atoms with van der Waals surface area (Å²) in [4.78, 5) is 16.4. The van der Waals surface area contributed by atoms with Crippen LogP contribution in [0.3, 0.4) is 0 Å². The molecule has 23 heavy (non-hydrogen) atoms. The third-order valence-corrected chi connectivity index (χ3v) is 3.75. The number of anilines is 1. The van der Waals surface area contributed by atoms with Crippen molar-refractivity contribution in [2.45, 2.75) is 12.5 Å². The molecule has 3 aromatic rings. The number of fused-ring (bicyclic) bond motifs is 1. The van der Waals surface area contributed by atoms with Crippen molar-refractivity contribution in [3.63, 3.8) is 0 Å². The molecule has 0 saturated heterocycles. The molecule has 0 aliphatic heterocycles. The third-order valence-electron chi connectivity index (χ3n) is 3.75. The number of carbonyl (C=O) groups is 1. The van der Waals surface area contributed by atoms with Crippen LogP contribution in [0, 0.1) is 0 Å². The van der Waals surface area contributed by atoms with E-state index >= 15 is 0 Å². The van der Waals surface area contributed by atoms with Crippen molar-refractivity contribution in [3.8, 4) is 5.75 Å². The number of nitrogens with two attached hydrogens (primary N) is 1. The largest absolute Gasteiger partial charge is 0.508 e. The second-order valence-corrected chi connectivity index (χ2v) is 5.50. The molecule has 4 N–H and O–H groups in total. The molecule has 1 aromatic heterocycles. The first kappa shape index (κ1) is 15.1. The number of aromatic hydroxyl groups is 1. The van der Waals surface area contributed by atoms with E-state index in [0.717, 1.165) is 16.6 Å². The fraction of sp³-hybridized carbons (Fsp3) is 0.176. The van der Waals surface area contributed by atoms with Crippen molar-refractivity contribution < 1.29 is 9.90 Å². The van der Waals surface area contributed by atoms with Gasteiger partial charge in [-0.1, -0.05) is 12.1 Å². The molecule has 1 unspecified atom stereocenters. The molecule has 6 nitrogen and oxygen atoms in total. The van der Waals surface area contributed by atoms with Crippen molar-refractivity contribution in [3.05, 3.63) is 54.6 Å². The van der Waals surface area contributed by atoms with Gasteiger partial charge in [0.25, 0.3) is 0 Å². The zero-order valence-corrected chi connectivity index (χ0v) is 12.7. The first-order valence-corrected chi connectivity index (χ1v) is 7.28. The zero-order chi connectivity index (χ0) is 16.4. The Labute approximate surface area is 133 Å². The lowest BCUT2D eigenvalue weighted by molar-refractivity contribution is -0.117. The Morgan fingerprint density at radius 1 is 1.30 bits per heavy atom. The number of amides is 1. The van der Waals surface area contributed by atoms with Crippen LogP contribution in [0.25, 0.3) is 10.8 Å². The summed E-state index contributed by atoms with van der Waals surface area (Å²) in [6, 6.07) is 9.89. The van der Waals surface area contributed by atoms with Crippen molar-refractivity contribution in [2.24, 2.45) is 12.8 Å². The van der Waals surface area contributed by atoms with E-state index in [4.69, 9.17) is 5.73 Å². The van der Waals surface area contributed by atoms with Gasteiger partial charge in [0.05, 0.1) is 6.04 Å². The number of benzene rings is 2. The van der Waals surface area contributed by atoms with Crippen LogP contribution in [-0.4, -0.2) is 26.6 Å². The van der Waals surface area contributed by atoms with Gasteiger partial charge in [0.15, 0.2) is 0 Å². The van der Waals surface area contributed by atoms with E-state index < -0.39 is 6.04 Å². The minimum atomic E-state index is -0.674. The Hall–Kier alpha value is -2.86. The van der Waals surface area contributed by atoms with Crippen LogP contribution in [0.1, 0.15) is 5.82 Å². The number of aryl methyl sites for hydroxylation is 1.